The fraction of sp³-hybridized carbons (Fsp3) is 0.231. The molecule has 2 aromatic rings. The van der Waals surface area contributed by atoms with Crippen molar-refractivity contribution < 1.29 is 8.42 Å². The lowest BCUT2D eigenvalue weighted by Gasteiger charge is -2.10. The smallest absolute Gasteiger partial charge is 0.209 e. The average Bonchev–Trinajstić information content (AvgIpc) is 2.85. The van der Waals surface area contributed by atoms with Crippen molar-refractivity contribution in [3.8, 4) is 0 Å². The van der Waals surface area contributed by atoms with E-state index in [0.717, 1.165) is 10.4 Å². The van der Waals surface area contributed by atoms with E-state index in [1.807, 2.05) is 37.3 Å². The van der Waals surface area contributed by atoms with E-state index in [1.165, 1.54) is 11.3 Å². The Labute approximate surface area is 122 Å². The van der Waals surface area contributed by atoms with Crippen molar-refractivity contribution in [2.75, 3.05) is 6.54 Å². The number of thiophene rings is 1. The zero-order chi connectivity index (χ0) is 13.9. The van der Waals surface area contributed by atoms with Gasteiger partial charge < -0.3 is 0 Å². The zero-order valence-electron chi connectivity index (χ0n) is 10.3. The number of hydrogen-bond donors (Lipinski definition) is 1. The Kier molecular flexibility index (Phi) is 4.62. The van der Waals surface area contributed by atoms with Crippen LogP contribution in [-0.2, 0) is 10.0 Å². The molecule has 0 fully saturated rings. The normalized spacial score (nSPS) is 13.4. The second-order valence-electron chi connectivity index (χ2n) is 4.10. The van der Waals surface area contributed by atoms with Crippen LogP contribution in [0.3, 0.4) is 0 Å². The molecule has 0 aliphatic rings. The van der Waals surface area contributed by atoms with Crippen molar-refractivity contribution in [3.63, 3.8) is 0 Å². The first-order chi connectivity index (χ1) is 8.99. The van der Waals surface area contributed by atoms with Crippen LogP contribution in [0.2, 0.25) is 0 Å². The highest BCUT2D eigenvalue weighted by molar-refractivity contribution is 7.91. The number of alkyl halides is 1. The van der Waals surface area contributed by atoms with Crippen LogP contribution in [0.25, 0.3) is 0 Å². The minimum absolute atomic E-state index is 0.171. The first-order valence-corrected chi connectivity index (χ1v) is 8.48. The summed E-state index contributed by atoms with van der Waals surface area (Å²) in [5.74, 6) is 0. The molecule has 0 spiro atoms. The number of aryl methyl sites for hydroxylation is 1. The number of halogens is 1. The van der Waals surface area contributed by atoms with Crippen LogP contribution in [0.15, 0.2) is 46.7 Å². The third kappa shape index (κ3) is 3.79. The van der Waals surface area contributed by atoms with Crippen molar-refractivity contribution >= 4 is 33.0 Å². The average molecular weight is 316 g/mol. The van der Waals surface area contributed by atoms with Crippen molar-refractivity contribution in [2.45, 2.75) is 16.5 Å². The van der Waals surface area contributed by atoms with E-state index in [0.29, 0.717) is 4.21 Å². The monoisotopic (exact) mass is 315 g/mol. The van der Waals surface area contributed by atoms with Crippen LogP contribution >= 0.6 is 22.9 Å². The summed E-state index contributed by atoms with van der Waals surface area (Å²) in [6, 6.07) is 12.8. The second-order valence-corrected chi connectivity index (χ2v) is 7.90. The predicted molar refractivity (Wildman–Crippen MR) is 79.3 cm³/mol. The highest BCUT2D eigenvalue weighted by Gasteiger charge is 2.18. The van der Waals surface area contributed by atoms with Crippen LogP contribution < -0.4 is 4.72 Å². The van der Waals surface area contributed by atoms with Gasteiger partial charge in [-0.2, -0.15) is 0 Å². The Morgan fingerprint density at radius 2 is 1.89 bits per heavy atom. The summed E-state index contributed by atoms with van der Waals surface area (Å²) < 4.78 is 26.9. The van der Waals surface area contributed by atoms with E-state index in [9.17, 15) is 8.42 Å². The number of hydrogen-bond acceptors (Lipinski definition) is 3. The van der Waals surface area contributed by atoms with Gasteiger partial charge in [0.05, 0.1) is 5.38 Å². The summed E-state index contributed by atoms with van der Waals surface area (Å²) >= 11 is 7.43. The third-order valence-corrected chi connectivity index (χ3v) is 5.92. The highest BCUT2D eigenvalue weighted by Crippen LogP contribution is 2.22. The minimum Gasteiger partial charge on any atom is -0.209 e. The molecule has 3 nitrogen and oxygen atoms in total. The molecule has 2 rings (SSSR count). The Balaban J connectivity index is 2.03. The van der Waals surface area contributed by atoms with Gasteiger partial charge in [0.15, 0.2) is 0 Å². The van der Waals surface area contributed by atoms with Gasteiger partial charge in [-0.15, -0.1) is 22.9 Å². The quantitative estimate of drug-likeness (QED) is 0.860. The largest absolute Gasteiger partial charge is 0.250 e. The standard InChI is InChI=1S/C13H14ClNO2S2/c1-10-7-8-13(18-10)19(16,17)15-9-12(14)11-5-3-2-4-6-11/h2-8,12,15H,9H2,1H3. The minimum atomic E-state index is -3.46. The lowest BCUT2D eigenvalue weighted by Crippen LogP contribution is -2.26. The van der Waals surface area contributed by atoms with Crippen molar-refractivity contribution in [1.29, 1.82) is 0 Å². The zero-order valence-corrected chi connectivity index (χ0v) is 12.7. The molecule has 1 unspecified atom stereocenters. The van der Waals surface area contributed by atoms with Crippen LogP contribution in [0, 0.1) is 6.92 Å². The molecule has 0 aliphatic heterocycles. The van der Waals surface area contributed by atoms with Gasteiger partial charge >= 0.3 is 0 Å². The first-order valence-electron chi connectivity index (χ1n) is 5.74. The van der Waals surface area contributed by atoms with E-state index in [2.05, 4.69) is 4.72 Å². The molecule has 0 radical (unpaired) electrons. The molecule has 0 bridgehead atoms. The van der Waals surface area contributed by atoms with Crippen LogP contribution in [0.4, 0.5) is 0 Å². The molecule has 1 atom stereocenters. The number of rotatable bonds is 5. The Morgan fingerprint density at radius 1 is 1.21 bits per heavy atom. The van der Waals surface area contributed by atoms with Crippen molar-refractivity contribution in [1.82, 2.24) is 4.72 Å². The predicted octanol–water partition coefficient (Wildman–Crippen LogP) is 3.31. The maximum atomic E-state index is 12.0. The van der Waals surface area contributed by atoms with E-state index in [1.54, 1.807) is 12.1 Å². The first kappa shape index (κ1) is 14.5. The van der Waals surface area contributed by atoms with E-state index < -0.39 is 10.0 Å². The maximum absolute atomic E-state index is 12.0. The topological polar surface area (TPSA) is 46.2 Å². The number of benzene rings is 1. The Hall–Kier alpha value is -0.880. The van der Waals surface area contributed by atoms with Gasteiger partial charge in [0, 0.05) is 11.4 Å². The summed E-state index contributed by atoms with van der Waals surface area (Å²) in [5, 5.41) is -0.378. The lowest BCUT2D eigenvalue weighted by atomic mass is 10.1. The lowest BCUT2D eigenvalue weighted by molar-refractivity contribution is 0.583. The van der Waals surface area contributed by atoms with Gasteiger partial charge in [-0.3, -0.25) is 0 Å². The molecule has 6 heteroatoms. The van der Waals surface area contributed by atoms with Gasteiger partial charge in [0.1, 0.15) is 4.21 Å². The fourth-order valence-corrected chi connectivity index (χ4v) is 4.28. The summed E-state index contributed by atoms with van der Waals surface area (Å²) in [4.78, 5) is 0.964. The molecule has 1 aromatic carbocycles. The molecule has 0 aliphatic carbocycles. The Morgan fingerprint density at radius 3 is 2.47 bits per heavy atom. The number of nitrogens with one attached hydrogen (secondary N) is 1. The van der Waals surface area contributed by atoms with Gasteiger partial charge in [-0.1, -0.05) is 30.3 Å². The van der Waals surface area contributed by atoms with E-state index in [-0.39, 0.29) is 11.9 Å². The molecule has 19 heavy (non-hydrogen) atoms. The van der Waals surface area contributed by atoms with Crippen LogP contribution in [0.5, 0.6) is 0 Å². The fourth-order valence-electron chi connectivity index (χ4n) is 1.59. The van der Waals surface area contributed by atoms with Gasteiger partial charge in [0.25, 0.3) is 0 Å². The SMILES string of the molecule is Cc1ccc(S(=O)(=O)NCC(Cl)c2ccccc2)s1. The van der Waals surface area contributed by atoms with Crippen molar-refractivity contribution in [2.24, 2.45) is 0 Å². The highest BCUT2D eigenvalue weighted by atomic mass is 35.5. The summed E-state index contributed by atoms with van der Waals surface area (Å²) in [6.07, 6.45) is 0. The molecule has 0 saturated heterocycles. The molecule has 0 saturated carbocycles. The molecule has 0 amide bonds. The van der Waals surface area contributed by atoms with Crippen LogP contribution in [-0.4, -0.2) is 15.0 Å². The molecule has 1 aromatic heterocycles. The summed E-state index contributed by atoms with van der Waals surface area (Å²) in [6.45, 7) is 2.04. The third-order valence-electron chi connectivity index (χ3n) is 2.59. The molecular weight excluding hydrogens is 302 g/mol. The van der Waals surface area contributed by atoms with Gasteiger partial charge in [-0.25, -0.2) is 13.1 Å². The van der Waals surface area contributed by atoms with Gasteiger partial charge in [-0.05, 0) is 24.6 Å². The molecule has 1 N–H and O–H groups in total. The van der Waals surface area contributed by atoms with E-state index in [4.69, 9.17) is 11.6 Å². The van der Waals surface area contributed by atoms with Gasteiger partial charge in [0.2, 0.25) is 10.0 Å². The molecular formula is C13H14ClNO2S2. The van der Waals surface area contributed by atoms with Crippen molar-refractivity contribution in [3.05, 3.63) is 52.9 Å². The summed E-state index contributed by atoms with van der Waals surface area (Å²) in [5.41, 5.74) is 0.897. The summed E-state index contributed by atoms with van der Waals surface area (Å²) in [7, 11) is -3.46. The van der Waals surface area contributed by atoms with Crippen LogP contribution in [0.1, 0.15) is 15.8 Å². The van der Waals surface area contributed by atoms with E-state index >= 15 is 0 Å². The Bertz CT molecular complexity index is 638. The molecule has 102 valence electrons. The maximum Gasteiger partial charge on any atom is 0.250 e. The second kappa shape index (κ2) is 6.05. The molecule has 1 heterocycles. The number of sulfonamides is 1.